The van der Waals surface area contributed by atoms with Crippen LogP contribution in [0.15, 0.2) is 42.6 Å². The molecule has 4 rings (SSSR count). The maximum absolute atomic E-state index is 13.9. The van der Waals surface area contributed by atoms with E-state index in [2.05, 4.69) is 20.2 Å². The lowest BCUT2D eigenvalue weighted by Gasteiger charge is -2.18. The Kier molecular flexibility index (Phi) is 5.04. The Hall–Kier alpha value is -3.60. The van der Waals surface area contributed by atoms with Crippen molar-refractivity contribution in [2.75, 3.05) is 29.5 Å². The van der Waals surface area contributed by atoms with Crippen molar-refractivity contribution in [3.8, 4) is 22.8 Å². The van der Waals surface area contributed by atoms with Gasteiger partial charge in [0.05, 0.1) is 29.4 Å². The number of anilines is 2. The summed E-state index contributed by atoms with van der Waals surface area (Å²) in [5.41, 5.74) is 1.31. The first-order valence-electron chi connectivity index (χ1n) is 8.82. The molecule has 0 unspecified atom stereocenters. The van der Waals surface area contributed by atoms with Crippen LogP contribution in [-0.4, -0.2) is 44.0 Å². The standard InChI is InChI=1S/C19H17FN4O5S/c1-30(26,27)24-15-9-12(3-4-14(15)20)22-19(25)13-10-21-23-18(13)11-2-5-16-17(8-11)29-7-6-28-16/h2-5,8-10,24H,6-7H2,1H3,(H,21,23)(H,22,25). The van der Waals surface area contributed by atoms with Gasteiger partial charge in [-0.2, -0.15) is 5.10 Å². The minimum atomic E-state index is -3.68. The van der Waals surface area contributed by atoms with Crippen LogP contribution in [0.25, 0.3) is 11.3 Å². The maximum Gasteiger partial charge on any atom is 0.259 e. The van der Waals surface area contributed by atoms with Gasteiger partial charge < -0.3 is 14.8 Å². The molecule has 156 valence electrons. The number of rotatable bonds is 5. The van der Waals surface area contributed by atoms with Gasteiger partial charge in [-0.25, -0.2) is 12.8 Å². The number of aromatic nitrogens is 2. The fourth-order valence-electron chi connectivity index (χ4n) is 2.96. The lowest BCUT2D eigenvalue weighted by atomic mass is 10.1. The van der Waals surface area contributed by atoms with E-state index < -0.39 is 21.7 Å². The van der Waals surface area contributed by atoms with Gasteiger partial charge in [0, 0.05) is 11.3 Å². The van der Waals surface area contributed by atoms with Crippen LogP contribution >= 0.6 is 0 Å². The highest BCUT2D eigenvalue weighted by Gasteiger charge is 2.19. The zero-order chi connectivity index (χ0) is 21.3. The van der Waals surface area contributed by atoms with E-state index >= 15 is 0 Å². The molecule has 2 heterocycles. The smallest absolute Gasteiger partial charge is 0.259 e. The van der Waals surface area contributed by atoms with Crippen LogP contribution < -0.4 is 19.5 Å². The fraction of sp³-hybridized carbons (Fsp3) is 0.158. The van der Waals surface area contributed by atoms with Gasteiger partial charge in [0.25, 0.3) is 5.91 Å². The van der Waals surface area contributed by atoms with Crippen molar-refractivity contribution >= 4 is 27.3 Å². The van der Waals surface area contributed by atoms with Crippen LogP contribution in [-0.2, 0) is 10.0 Å². The van der Waals surface area contributed by atoms with Crippen LogP contribution in [0, 0.1) is 5.82 Å². The first-order valence-corrected chi connectivity index (χ1v) is 10.7. The topological polar surface area (TPSA) is 122 Å². The summed E-state index contributed by atoms with van der Waals surface area (Å²) in [5, 5.41) is 9.35. The second-order valence-electron chi connectivity index (χ2n) is 6.54. The minimum Gasteiger partial charge on any atom is -0.486 e. The van der Waals surface area contributed by atoms with Crippen molar-refractivity contribution < 1.29 is 27.1 Å². The maximum atomic E-state index is 13.9. The molecule has 0 saturated carbocycles. The highest BCUT2D eigenvalue weighted by Crippen LogP contribution is 2.35. The summed E-state index contributed by atoms with van der Waals surface area (Å²) in [6, 6.07) is 8.83. The molecule has 0 spiro atoms. The van der Waals surface area contributed by atoms with Gasteiger partial charge in [-0.3, -0.25) is 14.6 Å². The number of hydrogen-bond donors (Lipinski definition) is 3. The zero-order valence-corrected chi connectivity index (χ0v) is 16.5. The summed E-state index contributed by atoms with van der Waals surface area (Å²) in [5.74, 6) is -0.0910. The molecule has 30 heavy (non-hydrogen) atoms. The third-order valence-corrected chi connectivity index (χ3v) is 4.83. The lowest BCUT2D eigenvalue weighted by Crippen LogP contribution is -2.15. The number of amides is 1. The molecule has 1 aromatic heterocycles. The molecule has 3 aromatic rings. The third-order valence-electron chi connectivity index (χ3n) is 4.23. The number of halogens is 1. The molecule has 9 nitrogen and oxygen atoms in total. The third kappa shape index (κ3) is 4.20. The number of fused-ring (bicyclic) bond motifs is 1. The number of nitrogens with one attached hydrogen (secondary N) is 3. The largest absolute Gasteiger partial charge is 0.486 e. The van der Waals surface area contributed by atoms with E-state index in [4.69, 9.17) is 9.47 Å². The highest BCUT2D eigenvalue weighted by atomic mass is 32.2. The Labute approximate surface area is 171 Å². The Morgan fingerprint density at radius 1 is 1.13 bits per heavy atom. The van der Waals surface area contributed by atoms with Crippen molar-refractivity contribution in [2.24, 2.45) is 0 Å². The van der Waals surface area contributed by atoms with Crippen LogP contribution in [0.3, 0.4) is 0 Å². The van der Waals surface area contributed by atoms with Crippen molar-refractivity contribution in [1.82, 2.24) is 10.2 Å². The van der Waals surface area contributed by atoms with Gasteiger partial charge >= 0.3 is 0 Å². The van der Waals surface area contributed by atoms with Gasteiger partial charge in [0.15, 0.2) is 11.5 Å². The Morgan fingerprint density at radius 2 is 1.90 bits per heavy atom. The van der Waals surface area contributed by atoms with Crippen LogP contribution in [0.4, 0.5) is 15.8 Å². The number of hydrogen-bond acceptors (Lipinski definition) is 6. The number of carbonyl (C=O) groups excluding carboxylic acids is 1. The molecule has 1 aliphatic rings. The molecule has 2 aromatic carbocycles. The normalized spacial score (nSPS) is 13.0. The van der Waals surface area contributed by atoms with Crippen molar-refractivity contribution in [3.05, 3.63) is 54.0 Å². The fourth-order valence-corrected chi connectivity index (χ4v) is 3.51. The van der Waals surface area contributed by atoms with Gasteiger partial charge in [0.1, 0.15) is 19.0 Å². The highest BCUT2D eigenvalue weighted by molar-refractivity contribution is 7.92. The van der Waals surface area contributed by atoms with Crippen LogP contribution in [0.1, 0.15) is 10.4 Å². The monoisotopic (exact) mass is 432 g/mol. The predicted molar refractivity (Wildman–Crippen MR) is 108 cm³/mol. The van der Waals surface area contributed by atoms with E-state index in [9.17, 15) is 17.6 Å². The first kappa shape index (κ1) is 19.7. The SMILES string of the molecule is CS(=O)(=O)Nc1cc(NC(=O)c2cn[nH]c2-c2ccc3c(c2)OCCO3)ccc1F. The van der Waals surface area contributed by atoms with Crippen LogP contribution in [0.2, 0.25) is 0 Å². The predicted octanol–water partition coefficient (Wildman–Crippen LogP) is 2.61. The summed E-state index contributed by atoms with van der Waals surface area (Å²) in [7, 11) is -3.68. The van der Waals surface area contributed by atoms with E-state index in [0.29, 0.717) is 36.0 Å². The molecule has 0 aliphatic carbocycles. The average Bonchev–Trinajstić information content (AvgIpc) is 3.19. The van der Waals surface area contributed by atoms with E-state index in [1.165, 1.54) is 18.3 Å². The second-order valence-corrected chi connectivity index (χ2v) is 8.29. The molecule has 0 bridgehead atoms. The Morgan fingerprint density at radius 3 is 2.67 bits per heavy atom. The number of sulfonamides is 1. The molecule has 1 amide bonds. The van der Waals surface area contributed by atoms with Crippen molar-refractivity contribution in [2.45, 2.75) is 0 Å². The van der Waals surface area contributed by atoms with E-state index in [1.54, 1.807) is 18.2 Å². The minimum absolute atomic E-state index is 0.210. The molecular formula is C19H17FN4O5S. The average molecular weight is 432 g/mol. The summed E-state index contributed by atoms with van der Waals surface area (Å²) < 4.78 is 49.8. The number of nitrogens with zero attached hydrogens (tertiary/aromatic N) is 1. The molecule has 1 aliphatic heterocycles. The van der Waals surface area contributed by atoms with Crippen molar-refractivity contribution in [1.29, 1.82) is 0 Å². The lowest BCUT2D eigenvalue weighted by molar-refractivity contribution is 0.102. The summed E-state index contributed by atoms with van der Waals surface area (Å²) in [6.45, 7) is 0.902. The Balaban J connectivity index is 1.59. The van der Waals surface area contributed by atoms with Gasteiger partial charge in [-0.15, -0.1) is 0 Å². The number of ether oxygens (including phenoxy) is 2. The van der Waals surface area contributed by atoms with E-state index in [-0.39, 0.29) is 16.9 Å². The molecule has 11 heteroatoms. The van der Waals surface area contributed by atoms with Crippen LogP contribution in [0.5, 0.6) is 11.5 Å². The molecular weight excluding hydrogens is 415 g/mol. The van der Waals surface area contributed by atoms with Gasteiger partial charge in [-0.1, -0.05) is 0 Å². The number of aromatic amines is 1. The summed E-state index contributed by atoms with van der Waals surface area (Å²) in [4.78, 5) is 12.8. The molecule has 0 radical (unpaired) electrons. The first-order chi connectivity index (χ1) is 14.3. The number of H-pyrrole nitrogens is 1. The number of carbonyl (C=O) groups is 1. The van der Waals surface area contributed by atoms with Gasteiger partial charge in [0.2, 0.25) is 10.0 Å². The zero-order valence-electron chi connectivity index (χ0n) is 15.7. The number of benzene rings is 2. The second kappa shape index (κ2) is 7.67. The summed E-state index contributed by atoms with van der Waals surface area (Å²) >= 11 is 0. The van der Waals surface area contributed by atoms with E-state index in [0.717, 1.165) is 12.3 Å². The molecule has 0 atom stereocenters. The molecule has 0 saturated heterocycles. The quantitative estimate of drug-likeness (QED) is 0.570. The van der Waals surface area contributed by atoms with Crippen molar-refractivity contribution in [3.63, 3.8) is 0 Å². The van der Waals surface area contributed by atoms with E-state index in [1.807, 2.05) is 0 Å². The Bertz CT molecular complexity index is 1230. The summed E-state index contributed by atoms with van der Waals surface area (Å²) in [6.07, 6.45) is 2.27. The molecule has 0 fully saturated rings. The molecule has 3 N–H and O–H groups in total. The van der Waals surface area contributed by atoms with Gasteiger partial charge in [-0.05, 0) is 36.4 Å².